The molecule has 0 aromatic carbocycles. The number of esters is 1. The first-order chi connectivity index (χ1) is 12.3. The zero-order chi connectivity index (χ0) is 18.8. The molecule has 3 rings (SSSR count). The molecule has 0 spiro atoms. The van der Waals surface area contributed by atoms with E-state index in [0.29, 0.717) is 44.1 Å². The van der Waals surface area contributed by atoms with E-state index < -0.39 is 23.6 Å². The van der Waals surface area contributed by atoms with Crippen molar-refractivity contribution in [2.45, 2.75) is 88.2 Å². The summed E-state index contributed by atoms with van der Waals surface area (Å²) in [7, 11) is 0. The van der Waals surface area contributed by atoms with Crippen LogP contribution in [0, 0.1) is 0 Å². The summed E-state index contributed by atoms with van der Waals surface area (Å²) >= 11 is 0. The lowest BCUT2D eigenvalue weighted by Crippen LogP contribution is -2.55. The molecule has 3 atom stereocenters. The van der Waals surface area contributed by atoms with Gasteiger partial charge in [0.05, 0.1) is 25.4 Å². The fourth-order valence-corrected chi connectivity index (χ4v) is 3.42. The maximum Gasteiger partial charge on any atom is 0.333 e. The Morgan fingerprint density at radius 1 is 1.12 bits per heavy atom. The van der Waals surface area contributed by atoms with Crippen LogP contribution in [0.25, 0.3) is 0 Å². The molecule has 7 nitrogen and oxygen atoms in total. The highest BCUT2D eigenvalue weighted by molar-refractivity contribution is 5.86. The van der Waals surface area contributed by atoms with Gasteiger partial charge in [-0.25, -0.2) is 4.79 Å². The Morgan fingerprint density at radius 2 is 1.69 bits per heavy atom. The van der Waals surface area contributed by atoms with Gasteiger partial charge in [0.2, 0.25) is 0 Å². The molecule has 7 heteroatoms. The molecule has 26 heavy (non-hydrogen) atoms. The van der Waals surface area contributed by atoms with E-state index >= 15 is 0 Å². The summed E-state index contributed by atoms with van der Waals surface area (Å²) in [6.45, 7) is 5.68. The minimum Gasteiger partial charge on any atom is -0.462 e. The smallest absolute Gasteiger partial charge is 0.333 e. The molecule has 2 N–H and O–H groups in total. The van der Waals surface area contributed by atoms with Crippen LogP contribution in [0.5, 0.6) is 0 Å². The van der Waals surface area contributed by atoms with Gasteiger partial charge in [-0.05, 0) is 19.8 Å². The average molecular weight is 370 g/mol. The summed E-state index contributed by atoms with van der Waals surface area (Å²) in [5.41, 5.74) is 0.366. The Morgan fingerprint density at radius 3 is 2.19 bits per heavy atom. The van der Waals surface area contributed by atoms with E-state index in [0.717, 1.165) is 12.8 Å². The molecule has 0 aromatic heterocycles. The molecule has 0 amide bonds. The minimum atomic E-state index is -1.10. The van der Waals surface area contributed by atoms with E-state index in [1.54, 1.807) is 6.92 Å². The molecule has 1 aliphatic heterocycles. The normalized spacial score (nSPS) is 32.2. The standard InChI is InChI=1S/C19H30O7/c1-13(2)17(20)23-10-5-14-11-15(25-18(21)6-3-7-18)16(12-24-14)26-19(22)8-4-9-19/h14-16,21-22H,1,3-12H2,2H3/t14-,15+,16-/m1/s1. The van der Waals surface area contributed by atoms with Crippen LogP contribution < -0.4 is 0 Å². The van der Waals surface area contributed by atoms with Crippen molar-refractivity contribution in [3.8, 4) is 0 Å². The van der Waals surface area contributed by atoms with Crippen molar-refractivity contribution in [1.82, 2.24) is 0 Å². The molecule has 148 valence electrons. The van der Waals surface area contributed by atoms with E-state index in [9.17, 15) is 15.0 Å². The maximum atomic E-state index is 11.5. The third-order valence-electron chi connectivity index (χ3n) is 5.44. The molecule has 1 heterocycles. The van der Waals surface area contributed by atoms with Crippen LogP contribution in [0.4, 0.5) is 0 Å². The van der Waals surface area contributed by atoms with Crippen molar-refractivity contribution < 1.29 is 34.0 Å². The van der Waals surface area contributed by atoms with Gasteiger partial charge >= 0.3 is 5.97 Å². The predicted octanol–water partition coefficient (Wildman–Crippen LogP) is 1.80. The molecule has 0 radical (unpaired) electrons. The van der Waals surface area contributed by atoms with Crippen molar-refractivity contribution in [3.63, 3.8) is 0 Å². The second-order valence-corrected chi connectivity index (χ2v) is 7.81. The number of aliphatic hydroxyl groups is 2. The summed E-state index contributed by atoms with van der Waals surface area (Å²) in [5.74, 6) is -2.60. The fourth-order valence-electron chi connectivity index (χ4n) is 3.42. The van der Waals surface area contributed by atoms with E-state index in [1.165, 1.54) is 0 Å². The zero-order valence-corrected chi connectivity index (χ0v) is 15.4. The number of rotatable bonds is 8. The third-order valence-corrected chi connectivity index (χ3v) is 5.44. The van der Waals surface area contributed by atoms with Gasteiger partial charge in [0.1, 0.15) is 6.10 Å². The lowest BCUT2D eigenvalue weighted by atomic mass is 9.89. The molecule has 3 aliphatic rings. The van der Waals surface area contributed by atoms with E-state index in [4.69, 9.17) is 18.9 Å². The van der Waals surface area contributed by atoms with Crippen molar-refractivity contribution >= 4 is 5.97 Å². The quantitative estimate of drug-likeness (QED) is 0.382. The molecular formula is C19H30O7. The molecule has 0 bridgehead atoms. The Labute approximate surface area is 154 Å². The van der Waals surface area contributed by atoms with Crippen molar-refractivity contribution in [3.05, 3.63) is 12.2 Å². The molecule has 1 saturated heterocycles. The second-order valence-electron chi connectivity index (χ2n) is 7.81. The number of carbonyl (C=O) groups is 1. The van der Waals surface area contributed by atoms with Gasteiger partial charge in [0.25, 0.3) is 0 Å². The van der Waals surface area contributed by atoms with Crippen molar-refractivity contribution in [2.75, 3.05) is 13.2 Å². The molecular weight excluding hydrogens is 340 g/mol. The van der Waals surface area contributed by atoms with Gasteiger partial charge in [-0.15, -0.1) is 0 Å². The topological polar surface area (TPSA) is 94.5 Å². The second kappa shape index (κ2) is 7.94. The van der Waals surface area contributed by atoms with Crippen LogP contribution in [0.2, 0.25) is 0 Å². The van der Waals surface area contributed by atoms with Crippen LogP contribution in [0.3, 0.4) is 0 Å². The highest BCUT2D eigenvalue weighted by Crippen LogP contribution is 2.40. The Balaban J connectivity index is 1.53. The number of carbonyl (C=O) groups excluding carboxylic acids is 1. The maximum absolute atomic E-state index is 11.5. The van der Waals surface area contributed by atoms with Crippen LogP contribution in [-0.2, 0) is 23.7 Å². The predicted molar refractivity (Wildman–Crippen MR) is 92.1 cm³/mol. The third kappa shape index (κ3) is 4.84. The highest BCUT2D eigenvalue weighted by Gasteiger charge is 2.46. The van der Waals surface area contributed by atoms with Gasteiger partial charge in [0, 0.05) is 44.1 Å². The first-order valence-corrected chi connectivity index (χ1v) is 9.53. The molecule has 2 saturated carbocycles. The van der Waals surface area contributed by atoms with Crippen molar-refractivity contribution in [1.29, 1.82) is 0 Å². The first-order valence-electron chi connectivity index (χ1n) is 9.53. The van der Waals surface area contributed by atoms with Crippen LogP contribution in [-0.4, -0.2) is 59.3 Å². The number of hydrogen-bond donors (Lipinski definition) is 2. The van der Waals surface area contributed by atoms with E-state index in [-0.39, 0.29) is 25.4 Å². The van der Waals surface area contributed by atoms with Gasteiger partial charge in [-0.1, -0.05) is 6.58 Å². The van der Waals surface area contributed by atoms with Gasteiger partial charge in [-0.2, -0.15) is 0 Å². The lowest BCUT2D eigenvalue weighted by Gasteiger charge is -2.47. The van der Waals surface area contributed by atoms with Crippen LogP contribution >= 0.6 is 0 Å². The highest BCUT2D eigenvalue weighted by atomic mass is 16.7. The minimum absolute atomic E-state index is 0.155. The first kappa shape index (κ1) is 19.8. The monoisotopic (exact) mass is 370 g/mol. The Hall–Kier alpha value is -0.990. The summed E-state index contributed by atoms with van der Waals surface area (Å²) < 4.78 is 22.8. The van der Waals surface area contributed by atoms with E-state index in [2.05, 4.69) is 6.58 Å². The lowest BCUT2D eigenvalue weighted by molar-refractivity contribution is -0.342. The van der Waals surface area contributed by atoms with Crippen molar-refractivity contribution in [2.24, 2.45) is 0 Å². The molecule has 0 unspecified atom stereocenters. The molecule has 3 fully saturated rings. The average Bonchev–Trinajstić information content (AvgIpc) is 2.54. The Bertz CT molecular complexity index is 524. The van der Waals surface area contributed by atoms with Gasteiger partial charge < -0.3 is 29.2 Å². The van der Waals surface area contributed by atoms with Crippen LogP contribution in [0.15, 0.2) is 12.2 Å². The summed E-state index contributed by atoms with van der Waals surface area (Å²) in [5, 5.41) is 20.7. The summed E-state index contributed by atoms with van der Waals surface area (Å²) in [4.78, 5) is 11.5. The van der Waals surface area contributed by atoms with Gasteiger partial charge in [0.15, 0.2) is 11.6 Å². The number of hydrogen-bond acceptors (Lipinski definition) is 7. The molecule has 2 aliphatic carbocycles. The SMILES string of the molecule is C=C(C)C(=O)OCC[C@@H]1C[C@H](OC2(O)CCC2)[C@H](OC2(O)CCC2)CO1. The Kier molecular flexibility index (Phi) is 6.04. The van der Waals surface area contributed by atoms with Crippen LogP contribution in [0.1, 0.15) is 58.3 Å². The number of ether oxygens (including phenoxy) is 4. The largest absolute Gasteiger partial charge is 0.462 e. The fraction of sp³-hybridized carbons (Fsp3) is 0.842. The zero-order valence-electron chi connectivity index (χ0n) is 15.4. The summed E-state index contributed by atoms with van der Waals surface area (Å²) in [6.07, 6.45) is 4.46. The molecule has 0 aromatic rings. The van der Waals surface area contributed by atoms with E-state index in [1.807, 2.05) is 0 Å². The summed E-state index contributed by atoms with van der Waals surface area (Å²) in [6, 6.07) is 0. The van der Waals surface area contributed by atoms with Gasteiger partial charge in [-0.3, -0.25) is 0 Å².